The fourth-order valence-electron chi connectivity index (χ4n) is 1.84. The average Bonchev–Trinajstić information content (AvgIpc) is 2.45. The highest BCUT2D eigenvalue weighted by molar-refractivity contribution is 6.04. The lowest BCUT2D eigenvalue weighted by Crippen LogP contribution is -2.28. The Hall–Kier alpha value is -1.75. The molecule has 1 aromatic rings. The highest BCUT2D eigenvalue weighted by atomic mass is 16.2. The van der Waals surface area contributed by atoms with Crippen LogP contribution in [0.2, 0.25) is 0 Å². The third kappa shape index (κ3) is 1.10. The summed E-state index contributed by atoms with van der Waals surface area (Å²) < 4.78 is 0. The number of anilines is 1. The Kier molecular flexibility index (Phi) is 2.01. The van der Waals surface area contributed by atoms with Crippen LogP contribution < -0.4 is 4.90 Å². The van der Waals surface area contributed by atoms with Gasteiger partial charge in [-0.3, -0.25) is 9.69 Å². The Morgan fingerprint density at radius 1 is 1.50 bits per heavy atom. The summed E-state index contributed by atoms with van der Waals surface area (Å²) in [5, 5.41) is 0. The minimum absolute atomic E-state index is 0.0560. The van der Waals surface area contributed by atoms with Crippen LogP contribution in [0.15, 0.2) is 24.3 Å². The van der Waals surface area contributed by atoms with Crippen LogP contribution in [0.1, 0.15) is 18.4 Å². The molecule has 1 aliphatic rings. The predicted octanol–water partition coefficient (Wildman–Crippen LogP) is 1.77. The monoisotopic (exact) mass is 185 g/mol. The highest BCUT2D eigenvalue weighted by Gasteiger charge is 2.32. The van der Waals surface area contributed by atoms with Crippen LogP contribution in [0.4, 0.5) is 5.69 Å². The van der Waals surface area contributed by atoms with Crippen molar-refractivity contribution in [3.63, 3.8) is 0 Å². The summed E-state index contributed by atoms with van der Waals surface area (Å²) in [6, 6.07) is 7.79. The highest BCUT2D eigenvalue weighted by Crippen LogP contribution is 2.36. The maximum atomic E-state index is 11.8. The first-order valence-electron chi connectivity index (χ1n) is 4.59. The van der Waals surface area contributed by atoms with Crippen LogP contribution in [0.5, 0.6) is 0 Å². The number of nitrogens with zero attached hydrogens (tertiary/aromatic N) is 1. The molecule has 1 heterocycles. The molecule has 0 radical (unpaired) electrons. The standard InChI is InChI=1S/C12H11NO/c1-3-8-13-11-7-5-4-6-10(11)9(2)12(13)14/h1,4-7,9H,8H2,2H3. The summed E-state index contributed by atoms with van der Waals surface area (Å²) in [5.74, 6) is 2.55. The van der Waals surface area contributed by atoms with Gasteiger partial charge in [0.15, 0.2) is 0 Å². The molecule has 0 saturated heterocycles. The lowest BCUT2D eigenvalue weighted by atomic mass is 10.0. The molecule has 14 heavy (non-hydrogen) atoms. The van der Waals surface area contributed by atoms with Crippen molar-refractivity contribution in [2.75, 3.05) is 11.4 Å². The van der Waals surface area contributed by atoms with E-state index in [-0.39, 0.29) is 11.8 Å². The number of benzene rings is 1. The molecule has 0 aliphatic carbocycles. The number of hydrogen-bond donors (Lipinski definition) is 0. The van der Waals surface area contributed by atoms with Crippen molar-refractivity contribution in [1.29, 1.82) is 0 Å². The predicted molar refractivity (Wildman–Crippen MR) is 56.0 cm³/mol. The van der Waals surface area contributed by atoms with Gasteiger partial charge in [-0.1, -0.05) is 24.1 Å². The maximum absolute atomic E-state index is 11.8. The van der Waals surface area contributed by atoms with E-state index >= 15 is 0 Å². The number of rotatable bonds is 1. The molecule has 0 aromatic heterocycles. The Balaban J connectivity index is 2.49. The smallest absolute Gasteiger partial charge is 0.235 e. The number of carbonyl (C=O) groups is 1. The number of terminal acetylenes is 1. The van der Waals surface area contributed by atoms with Crippen LogP contribution >= 0.6 is 0 Å². The SMILES string of the molecule is C#CCN1C(=O)C(C)c2ccccc21. The number of carbonyl (C=O) groups excluding carboxylic acids is 1. The van der Waals surface area contributed by atoms with Crippen molar-refractivity contribution >= 4 is 11.6 Å². The van der Waals surface area contributed by atoms with Gasteiger partial charge < -0.3 is 0 Å². The molecule has 0 spiro atoms. The maximum Gasteiger partial charge on any atom is 0.235 e. The molecule has 2 nitrogen and oxygen atoms in total. The zero-order valence-corrected chi connectivity index (χ0v) is 8.03. The van der Waals surface area contributed by atoms with E-state index in [2.05, 4.69) is 5.92 Å². The van der Waals surface area contributed by atoms with E-state index in [0.29, 0.717) is 6.54 Å². The molecule has 1 unspecified atom stereocenters. The minimum Gasteiger partial charge on any atom is -0.300 e. The average molecular weight is 185 g/mol. The lowest BCUT2D eigenvalue weighted by molar-refractivity contribution is -0.118. The van der Waals surface area contributed by atoms with Gasteiger partial charge >= 0.3 is 0 Å². The zero-order valence-electron chi connectivity index (χ0n) is 8.03. The molecular formula is C12H11NO. The number of hydrogen-bond acceptors (Lipinski definition) is 1. The van der Waals surface area contributed by atoms with E-state index < -0.39 is 0 Å². The third-order valence-corrected chi connectivity index (χ3v) is 2.58. The molecule has 0 saturated carbocycles. The van der Waals surface area contributed by atoms with Crippen molar-refractivity contribution in [2.45, 2.75) is 12.8 Å². The van der Waals surface area contributed by atoms with Gasteiger partial charge in [-0.2, -0.15) is 0 Å². The van der Waals surface area contributed by atoms with E-state index in [9.17, 15) is 4.79 Å². The molecule has 2 heteroatoms. The minimum atomic E-state index is -0.0560. The number of amides is 1. The second kappa shape index (κ2) is 3.19. The van der Waals surface area contributed by atoms with E-state index in [4.69, 9.17) is 6.42 Å². The van der Waals surface area contributed by atoms with Crippen LogP contribution in [-0.2, 0) is 4.79 Å². The van der Waals surface area contributed by atoms with E-state index in [1.165, 1.54) is 0 Å². The lowest BCUT2D eigenvalue weighted by Gasteiger charge is -2.13. The van der Waals surface area contributed by atoms with Gasteiger partial charge in [-0.05, 0) is 18.6 Å². The molecule has 0 bridgehead atoms. The van der Waals surface area contributed by atoms with Crippen LogP contribution in [0, 0.1) is 12.3 Å². The Bertz CT molecular complexity index is 417. The van der Waals surface area contributed by atoms with Crippen molar-refractivity contribution in [3.8, 4) is 12.3 Å². The van der Waals surface area contributed by atoms with E-state index in [1.807, 2.05) is 31.2 Å². The number of fused-ring (bicyclic) bond motifs is 1. The zero-order chi connectivity index (χ0) is 10.1. The summed E-state index contributed by atoms with van der Waals surface area (Å²) >= 11 is 0. The van der Waals surface area contributed by atoms with Gasteiger partial charge in [0.25, 0.3) is 0 Å². The largest absolute Gasteiger partial charge is 0.300 e. The second-order valence-corrected chi connectivity index (χ2v) is 3.41. The molecule has 2 rings (SSSR count). The molecule has 70 valence electrons. The van der Waals surface area contributed by atoms with Crippen molar-refractivity contribution in [1.82, 2.24) is 0 Å². The fraction of sp³-hybridized carbons (Fsp3) is 0.250. The van der Waals surface area contributed by atoms with Gasteiger partial charge in [0.1, 0.15) is 0 Å². The summed E-state index contributed by atoms with van der Waals surface area (Å²) in [6.45, 7) is 2.28. The Labute approximate surface area is 83.5 Å². The van der Waals surface area contributed by atoms with Crippen molar-refractivity contribution in [3.05, 3.63) is 29.8 Å². The van der Waals surface area contributed by atoms with Gasteiger partial charge in [-0.25, -0.2) is 0 Å². The van der Waals surface area contributed by atoms with E-state index in [1.54, 1.807) is 4.90 Å². The molecular weight excluding hydrogens is 174 g/mol. The Morgan fingerprint density at radius 3 is 2.93 bits per heavy atom. The molecule has 0 N–H and O–H groups in total. The summed E-state index contributed by atoms with van der Waals surface area (Å²) in [7, 11) is 0. The van der Waals surface area contributed by atoms with E-state index in [0.717, 1.165) is 11.3 Å². The van der Waals surface area contributed by atoms with Crippen molar-refractivity contribution < 1.29 is 4.79 Å². The summed E-state index contributed by atoms with van der Waals surface area (Å²) in [5.41, 5.74) is 2.04. The van der Waals surface area contributed by atoms with Crippen LogP contribution in [0.25, 0.3) is 0 Å². The fourth-order valence-corrected chi connectivity index (χ4v) is 1.84. The van der Waals surface area contributed by atoms with Gasteiger partial charge in [-0.15, -0.1) is 6.42 Å². The first kappa shape index (κ1) is 8.83. The van der Waals surface area contributed by atoms with Gasteiger partial charge in [0.2, 0.25) is 5.91 Å². The second-order valence-electron chi connectivity index (χ2n) is 3.41. The molecule has 1 aromatic carbocycles. The Morgan fingerprint density at radius 2 is 2.21 bits per heavy atom. The summed E-state index contributed by atoms with van der Waals surface area (Å²) in [6.07, 6.45) is 5.23. The van der Waals surface area contributed by atoms with Gasteiger partial charge in [0.05, 0.1) is 12.5 Å². The molecule has 1 amide bonds. The van der Waals surface area contributed by atoms with Gasteiger partial charge in [0, 0.05) is 5.69 Å². The number of para-hydroxylation sites is 1. The van der Waals surface area contributed by atoms with Crippen LogP contribution in [-0.4, -0.2) is 12.5 Å². The topological polar surface area (TPSA) is 20.3 Å². The molecule has 0 fully saturated rings. The molecule has 1 atom stereocenters. The quantitative estimate of drug-likeness (QED) is 0.610. The summed E-state index contributed by atoms with van der Waals surface area (Å²) in [4.78, 5) is 13.4. The third-order valence-electron chi connectivity index (χ3n) is 2.58. The van der Waals surface area contributed by atoms with Crippen LogP contribution in [0.3, 0.4) is 0 Å². The normalized spacial score (nSPS) is 19.3. The van der Waals surface area contributed by atoms with Crippen molar-refractivity contribution in [2.24, 2.45) is 0 Å². The first-order chi connectivity index (χ1) is 6.75. The molecule has 1 aliphatic heterocycles. The first-order valence-corrected chi connectivity index (χ1v) is 4.59.